The Balaban J connectivity index is 1.60. The summed E-state index contributed by atoms with van der Waals surface area (Å²) in [4.78, 5) is 2.35. The zero-order chi connectivity index (χ0) is 21.6. The van der Waals surface area contributed by atoms with Crippen LogP contribution in [-0.2, 0) is 0 Å². The van der Waals surface area contributed by atoms with Crippen molar-refractivity contribution in [2.75, 3.05) is 41.5 Å². The molecule has 0 bridgehead atoms. The molecule has 0 aromatic heterocycles. The van der Waals surface area contributed by atoms with E-state index in [2.05, 4.69) is 34.5 Å². The first kappa shape index (κ1) is 20.0. The summed E-state index contributed by atoms with van der Waals surface area (Å²) in [5, 5.41) is 2.28. The van der Waals surface area contributed by atoms with Crippen LogP contribution in [0.1, 0.15) is 30.0 Å². The van der Waals surface area contributed by atoms with Gasteiger partial charge in [-0.05, 0) is 31.3 Å². The Bertz CT molecular complexity index is 1010. The molecule has 3 aliphatic rings. The maximum atomic E-state index is 6.75. The summed E-state index contributed by atoms with van der Waals surface area (Å²) in [6, 6.07) is 12.0. The standard InChI is InChI=1S/C24H29N3O4/c1-26-12-10-24(11-13-26)27-20(18-6-5-7-21(29-3)23(18)31-24)15-19(25-27)17-9-8-16(28-2)14-22(17)30-4/h5-9,14-15,20,25H,10-13H2,1-4H3/t20-/m1/s1. The van der Waals surface area contributed by atoms with Crippen molar-refractivity contribution in [3.63, 3.8) is 0 Å². The van der Waals surface area contributed by atoms with Crippen molar-refractivity contribution in [1.82, 2.24) is 15.3 Å². The van der Waals surface area contributed by atoms with Crippen molar-refractivity contribution >= 4 is 5.70 Å². The number of likely N-dealkylation sites (tertiary alicyclic amines) is 1. The molecule has 0 aliphatic carbocycles. The SMILES string of the molecule is COc1ccc(C2=C[C@@H]3c4cccc(OC)c4OC4(CCN(C)CC4)N3N2)c(OC)c1. The van der Waals surface area contributed by atoms with Crippen molar-refractivity contribution in [2.24, 2.45) is 0 Å². The van der Waals surface area contributed by atoms with Crippen LogP contribution in [0.15, 0.2) is 42.5 Å². The van der Waals surface area contributed by atoms with E-state index in [0.717, 1.165) is 65.8 Å². The Morgan fingerprint density at radius 2 is 1.77 bits per heavy atom. The molecule has 7 heteroatoms. The highest BCUT2D eigenvalue weighted by Crippen LogP contribution is 2.51. The lowest BCUT2D eigenvalue weighted by molar-refractivity contribution is -0.158. The van der Waals surface area contributed by atoms with Gasteiger partial charge in [0.2, 0.25) is 0 Å². The van der Waals surface area contributed by atoms with Crippen molar-refractivity contribution in [3.8, 4) is 23.0 Å². The molecule has 1 spiro atoms. The largest absolute Gasteiger partial charge is 0.497 e. The second-order valence-corrected chi connectivity index (χ2v) is 8.30. The fourth-order valence-corrected chi connectivity index (χ4v) is 4.81. The van der Waals surface area contributed by atoms with Gasteiger partial charge in [-0.3, -0.25) is 0 Å². The Labute approximate surface area is 183 Å². The quantitative estimate of drug-likeness (QED) is 0.809. The number of nitrogens with zero attached hydrogens (tertiary/aromatic N) is 2. The summed E-state index contributed by atoms with van der Waals surface area (Å²) in [6.45, 7) is 1.94. The summed E-state index contributed by atoms with van der Waals surface area (Å²) in [6.07, 6.45) is 4.04. The number of methoxy groups -OCH3 is 3. The molecule has 31 heavy (non-hydrogen) atoms. The molecule has 164 valence electrons. The molecule has 1 fully saturated rings. The molecule has 0 saturated carbocycles. The van der Waals surface area contributed by atoms with Crippen molar-refractivity contribution in [3.05, 3.63) is 53.6 Å². The van der Waals surface area contributed by atoms with Gasteiger partial charge in [-0.1, -0.05) is 12.1 Å². The minimum absolute atomic E-state index is 0.0315. The fraction of sp³-hybridized carbons (Fsp3) is 0.417. The van der Waals surface area contributed by atoms with E-state index in [1.165, 1.54) is 0 Å². The minimum atomic E-state index is -0.448. The molecule has 2 aromatic rings. The van der Waals surface area contributed by atoms with Gasteiger partial charge in [-0.25, -0.2) is 0 Å². The summed E-state index contributed by atoms with van der Waals surface area (Å²) in [5.41, 5.74) is 6.31. The predicted molar refractivity (Wildman–Crippen MR) is 118 cm³/mol. The lowest BCUT2D eigenvalue weighted by Crippen LogP contribution is -2.63. The van der Waals surface area contributed by atoms with E-state index in [9.17, 15) is 0 Å². The number of rotatable bonds is 4. The first-order chi connectivity index (χ1) is 15.1. The summed E-state index contributed by atoms with van der Waals surface area (Å²) >= 11 is 0. The highest BCUT2D eigenvalue weighted by atomic mass is 16.5. The van der Waals surface area contributed by atoms with Gasteiger partial charge >= 0.3 is 0 Å². The molecule has 1 N–H and O–H groups in total. The second kappa shape index (κ2) is 7.66. The number of piperidine rings is 1. The Morgan fingerprint density at radius 1 is 1.00 bits per heavy atom. The van der Waals surface area contributed by atoms with Crippen LogP contribution >= 0.6 is 0 Å². The van der Waals surface area contributed by atoms with Crippen LogP contribution < -0.4 is 24.4 Å². The third kappa shape index (κ3) is 3.20. The van der Waals surface area contributed by atoms with Crippen molar-refractivity contribution < 1.29 is 18.9 Å². The smallest absolute Gasteiger partial charge is 0.183 e. The molecule has 1 atom stereocenters. The first-order valence-corrected chi connectivity index (χ1v) is 10.6. The lowest BCUT2D eigenvalue weighted by Gasteiger charge is -2.51. The van der Waals surface area contributed by atoms with Crippen molar-refractivity contribution in [1.29, 1.82) is 0 Å². The minimum Gasteiger partial charge on any atom is -0.497 e. The Kier molecular flexibility index (Phi) is 4.95. The molecular weight excluding hydrogens is 394 g/mol. The van der Waals surface area contributed by atoms with Gasteiger partial charge in [-0.15, -0.1) is 0 Å². The molecule has 2 aromatic carbocycles. The van der Waals surface area contributed by atoms with Gasteiger partial charge in [0.05, 0.1) is 33.1 Å². The lowest BCUT2D eigenvalue weighted by atomic mass is 9.92. The maximum absolute atomic E-state index is 6.75. The Hall–Kier alpha value is -2.90. The highest BCUT2D eigenvalue weighted by Gasteiger charge is 2.52. The number of hydrazine groups is 1. The fourth-order valence-electron chi connectivity index (χ4n) is 4.81. The zero-order valence-corrected chi connectivity index (χ0v) is 18.5. The molecule has 5 rings (SSSR count). The van der Waals surface area contributed by atoms with Gasteiger partial charge in [0.1, 0.15) is 11.5 Å². The van der Waals surface area contributed by atoms with Crippen molar-refractivity contribution in [2.45, 2.75) is 24.6 Å². The summed E-state index contributed by atoms with van der Waals surface area (Å²) in [7, 11) is 7.20. The molecule has 1 saturated heterocycles. The van der Waals surface area contributed by atoms with Crippen LogP contribution in [-0.4, -0.2) is 57.1 Å². The number of ether oxygens (including phenoxy) is 4. The maximum Gasteiger partial charge on any atom is 0.183 e. The van der Waals surface area contributed by atoms with E-state index in [0.29, 0.717) is 0 Å². The third-order valence-electron chi connectivity index (χ3n) is 6.59. The number of fused-ring (bicyclic) bond motifs is 4. The van der Waals surface area contributed by atoms with Gasteiger partial charge in [0.25, 0.3) is 0 Å². The molecule has 3 heterocycles. The monoisotopic (exact) mass is 423 g/mol. The number of hydrogen-bond donors (Lipinski definition) is 1. The molecule has 7 nitrogen and oxygen atoms in total. The van der Waals surface area contributed by atoms with E-state index in [4.69, 9.17) is 18.9 Å². The molecule has 0 amide bonds. The average molecular weight is 424 g/mol. The normalized spacial score (nSPS) is 22.1. The van der Waals surface area contributed by atoms with Crippen LogP contribution in [0, 0.1) is 0 Å². The number of nitrogens with one attached hydrogen (secondary N) is 1. The van der Waals surface area contributed by atoms with Gasteiger partial charge in [0.15, 0.2) is 17.2 Å². The van der Waals surface area contributed by atoms with E-state index >= 15 is 0 Å². The molecular formula is C24H29N3O4. The molecule has 0 unspecified atom stereocenters. The summed E-state index contributed by atoms with van der Waals surface area (Å²) < 4.78 is 23.5. The van der Waals surface area contributed by atoms with Gasteiger partial charge in [-0.2, -0.15) is 5.01 Å². The van der Waals surface area contributed by atoms with Crippen LogP contribution in [0.5, 0.6) is 23.0 Å². The van der Waals surface area contributed by atoms with Crippen LogP contribution in [0.2, 0.25) is 0 Å². The zero-order valence-electron chi connectivity index (χ0n) is 18.5. The van der Waals surface area contributed by atoms with Crippen LogP contribution in [0.4, 0.5) is 0 Å². The second-order valence-electron chi connectivity index (χ2n) is 8.30. The van der Waals surface area contributed by atoms with E-state index < -0.39 is 5.72 Å². The van der Waals surface area contributed by atoms with Crippen LogP contribution in [0.3, 0.4) is 0 Å². The average Bonchev–Trinajstić information content (AvgIpc) is 3.27. The first-order valence-electron chi connectivity index (χ1n) is 10.6. The van der Waals surface area contributed by atoms with Crippen LogP contribution in [0.25, 0.3) is 5.70 Å². The molecule has 0 radical (unpaired) electrons. The Morgan fingerprint density at radius 3 is 2.48 bits per heavy atom. The van der Waals surface area contributed by atoms with E-state index in [1.54, 1.807) is 21.3 Å². The third-order valence-corrected chi connectivity index (χ3v) is 6.59. The number of benzene rings is 2. The summed E-state index contributed by atoms with van der Waals surface area (Å²) in [5.74, 6) is 3.15. The van der Waals surface area contributed by atoms with Gasteiger partial charge in [0, 0.05) is 43.1 Å². The highest BCUT2D eigenvalue weighted by molar-refractivity contribution is 5.73. The molecule has 3 aliphatic heterocycles. The van der Waals surface area contributed by atoms with Gasteiger partial charge < -0.3 is 29.3 Å². The van der Waals surface area contributed by atoms with E-state index in [-0.39, 0.29) is 6.04 Å². The van der Waals surface area contributed by atoms with E-state index in [1.807, 2.05) is 30.3 Å². The number of hydrogen-bond acceptors (Lipinski definition) is 7. The predicted octanol–water partition coefficient (Wildman–Crippen LogP) is 3.43. The topological polar surface area (TPSA) is 55.4 Å². The number of para-hydroxylation sites is 1.